The summed E-state index contributed by atoms with van der Waals surface area (Å²) in [5, 5.41) is 6.63. The molecule has 0 aromatic heterocycles. The van der Waals surface area contributed by atoms with Gasteiger partial charge in [-0.1, -0.05) is 11.8 Å². The van der Waals surface area contributed by atoms with E-state index in [1.807, 2.05) is 5.09 Å². The maximum atomic E-state index is 11.6. The predicted octanol–water partition coefficient (Wildman–Crippen LogP) is -2.96. The molecule has 0 aliphatic rings. The Morgan fingerprint density at radius 2 is 1.50 bits per heavy atom. The van der Waals surface area contributed by atoms with Crippen molar-refractivity contribution >= 4 is 36.2 Å². The van der Waals surface area contributed by atoms with Gasteiger partial charge in [0.15, 0.2) is 0 Å². The van der Waals surface area contributed by atoms with E-state index in [0.29, 0.717) is 0 Å². The van der Waals surface area contributed by atoms with Crippen molar-refractivity contribution in [2.45, 2.75) is 38.9 Å². The molecule has 3 amide bonds. The molecule has 0 radical (unpaired) electrons. The molecule has 116 valence electrons. The zero-order valence-electron chi connectivity index (χ0n) is 11.2. The quantitative estimate of drug-likeness (QED) is 0.313. The Morgan fingerprint density at radius 1 is 1.10 bits per heavy atom. The minimum Gasteiger partial charge on any atom is -0.789 e. The second-order valence-electron chi connectivity index (χ2n) is 4.23. The van der Waals surface area contributed by atoms with Crippen LogP contribution in [0.25, 0.3) is 0 Å². The van der Waals surface area contributed by atoms with Gasteiger partial charge in [0.05, 0.1) is 12.7 Å². The molecule has 0 aliphatic carbocycles. The van der Waals surface area contributed by atoms with Crippen LogP contribution in [0, 0.1) is 0 Å². The van der Waals surface area contributed by atoms with E-state index in [2.05, 4.69) is 22.4 Å². The van der Waals surface area contributed by atoms with Crippen LogP contribution in [0.3, 0.4) is 0 Å². The lowest BCUT2D eigenvalue weighted by molar-refractivity contribution is -0.181. The summed E-state index contributed by atoms with van der Waals surface area (Å²) in [6, 6.07) is -2.87. The smallest absolute Gasteiger partial charge is 0.242 e. The van der Waals surface area contributed by atoms with Crippen molar-refractivity contribution in [1.82, 2.24) is 15.7 Å². The number of nitrogens with two attached hydrogens (primary N) is 1. The van der Waals surface area contributed by atoms with Crippen molar-refractivity contribution in [3.63, 3.8) is 0 Å². The van der Waals surface area contributed by atoms with Gasteiger partial charge >= 0.3 is 0 Å². The van der Waals surface area contributed by atoms with Crippen LogP contribution in [-0.4, -0.2) is 40.7 Å². The zero-order chi connectivity index (χ0) is 16.1. The van der Waals surface area contributed by atoms with Crippen LogP contribution in [-0.2, 0) is 26.2 Å². The van der Waals surface area contributed by atoms with Crippen LogP contribution in [0.2, 0.25) is 0 Å². The number of carbonyl (C=O) groups is 3. The second kappa shape index (κ2) is 7.65. The third kappa shape index (κ3) is 7.51. The van der Waals surface area contributed by atoms with Gasteiger partial charge in [0.2, 0.25) is 17.7 Å². The summed E-state index contributed by atoms with van der Waals surface area (Å²) in [7, 11) is 0. The summed E-state index contributed by atoms with van der Waals surface area (Å²) in [4.78, 5) is 53.9. The normalized spacial score (nSPS) is 18.2. The molecule has 4 atom stereocenters. The first kappa shape index (κ1) is 18.9. The van der Waals surface area contributed by atoms with Gasteiger partial charge in [0.1, 0.15) is 12.1 Å². The van der Waals surface area contributed by atoms with Crippen molar-refractivity contribution in [3.05, 3.63) is 0 Å². The van der Waals surface area contributed by atoms with E-state index in [0.717, 1.165) is 0 Å². The third-order valence-electron chi connectivity index (χ3n) is 2.29. The number of hydrogen-bond acceptors (Lipinski definition) is 5. The fourth-order valence-corrected chi connectivity index (χ4v) is 2.20. The summed E-state index contributed by atoms with van der Waals surface area (Å²) in [6.07, 6.45) is 0. The van der Waals surface area contributed by atoms with Crippen LogP contribution in [0.4, 0.5) is 0 Å². The first-order valence-electron chi connectivity index (χ1n) is 5.65. The molecule has 4 unspecified atom stereocenters. The first-order chi connectivity index (χ1) is 8.94. The molecule has 0 bridgehead atoms. The van der Waals surface area contributed by atoms with Crippen LogP contribution >= 0.6 is 6.64 Å². The molecule has 0 heterocycles. The maximum Gasteiger partial charge on any atom is 0.242 e. The standard InChI is InChI=1S/C9H19N4O5PS/c1-4(7(10)14)11-8(15)5(2)12-9(16)6(3)13-19(17,18)20/h4-6H,1-3H3,(H2,10,14)(H,11,15)(H,12,16)(H3,13,17,18,20)/p-1. The number of carbonyl (C=O) groups excluding carboxylic acids is 3. The van der Waals surface area contributed by atoms with Gasteiger partial charge in [-0.3, -0.25) is 19.5 Å². The van der Waals surface area contributed by atoms with E-state index >= 15 is 0 Å². The number of rotatable bonds is 7. The van der Waals surface area contributed by atoms with E-state index in [9.17, 15) is 19.3 Å². The van der Waals surface area contributed by atoms with E-state index in [1.165, 1.54) is 20.8 Å². The van der Waals surface area contributed by atoms with Crippen LogP contribution < -0.4 is 26.3 Å². The van der Waals surface area contributed by atoms with Gasteiger partial charge < -0.3 is 26.2 Å². The minimum atomic E-state index is -3.97. The van der Waals surface area contributed by atoms with Gasteiger partial charge in [0, 0.05) is 0 Å². The largest absolute Gasteiger partial charge is 0.789 e. The maximum absolute atomic E-state index is 11.6. The number of primary amides is 1. The molecular weight excluding hydrogens is 307 g/mol. The molecule has 0 spiro atoms. The molecule has 0 saturated carbocycles. The summed E-state index contributed by atoms with van der Waals surface area (Å²) in [6.45, 7) is 0.143. The fraction of sp³-hybridized carbons (Fsp3) is 0.667. The van der Waals surface area contributed by atoms with Gasteiger partial charge in [-0.2, -0.15) is 0 Å². The summed E-state index contributed by atoms with van der Waals surface area (Å²) >= 11 is 4.22. The number of hydrogen-bond donors (Lipinski definition) is 5. The predicted molar refractivity (Wildman–Crippen MR) is 73.5 cm³/mol. The van der Waals surface area contributed by atoms with Crippen molar-refractivity contribution < 1.29 is 24.2 Å². The highest BCUT2D eigenvalue weighted by Gasteiger charge is 2.22. The van der Waals surface area contributed by atoms with Gasteiger partial charge in [-0.25, -0.2) is 0 Å². The lowest BCUT2D eigenvalue weighted by atomic mass is 10.2. The van der Waals surface area contributed by atoms with Crippen LogP contribution in [0.5, 0.6) is 0 Å². The molecule has 0 aliphatic heterocycles. The topological polar surface area (TPSA) is 157 Å². The molecule has 9 nitrogen and oxygen atoms in total. The lowest BCUT2D eigenvalue weighted by Crippen LogP contribution is -2.53. The summed E-state index contributed by atoms with van der Waals surface area (Å²) in [5.41, 5.74) is 4.98. The lowest BCUT2D eigenvalue weighted by Gasteiger charge is -2.26. The minimum absolute atomic E-state index is 0.609. The Kier molecular flexibility index (Phi) is 7.25. The first-order valence-corrected chi connectivity index (χ1v) is 8.33. The molecule has 11 heteroatoms. The van der Waals surface area contributed by atoms with Crippen LogP contribution in [0.1, 0.15) is 20.8 Å². The van der Waals surface area contributed by atoms with Crippen molar-refractivity contribution in [2.24, 2.45) is 5.73 Å². The van der Waals surface area contributed by atoms with Gasteiger partial charge in [-0.15, -0.1) is 0 Å². The van der Waals surface area contributed by atoms with E-state index in [4.69, 9.17) is 10.6 Å². The van der Waals surface area contributed by atoms with E-state index < -0.39 is 42.5 Å². The monoisotopic (exact) mass is 325 g/mol. The van der Waals surface area contributed by atoms with Crippen LogP contribution in [0.15, 0.2) is 0 Å². The van der Waals surface area contributed by atoms with Gasteiger partial charge in [-0.05, 0) is 20.8 Å². The highest BCUT2D eigenvalue weighted by atomic mass is 32.5. The molecular formula is C9H18N4O5PS-. The molecule has 20 heavy (non-hydrogen) atoms. The molecule has 6 N–H and O–H groups in total. The average molecular weight is 325 g/mol. The average Bonchev–Trinajstić information content (AvgIpc) is 2.25. The number of nitrogens with one attached hydrogen (secondary N) is 3. The molecule has 0 aromatic carbocycles. The second-order valence-corrected chi connectivity index (χ2v) is 7.02. The SMILES string of the molecule is CC(NC(=O)C(C)NC(=O)C(C)NP([O-])(O)=S)C(N)=O. The fourth-order valence-electron chi connectivity index (χ4n) is 1.12. The Hall–Kier alpha value is -1.06. The molecule has 0 fully saturated rings. The zero-order valence-corrected chi connectivity index (χ0v) is 13.0. The summed E-state index contributed by atoms with van der Waals surface area (Å²) < 4.78 is 0. The van der Waals surface area contributed by atoms with Crippen molar-refractivity contribution in [1.29, 1.82) is 0 Å². The Morgan fingerprint density at radius 3 is 1.90 bits per heavy atom. The van der Waals surface area contributed by atoms with E-state index in [1.54, 1.807) is 0 Å². The highest BCUT2D eigenvalue weighted by Crippen LogP contribution is 2.23. The summed E-state index contributed by atoms with van der Waals surface area (Å²) in [5.74, 6) is -2.00. The van der Waals surface area contributed by atoms with Gasteiger partial charge in [0.25, 0.3) is 0 Å². The van der Waals surface area contributed by atoms with Crippen molar-refractivity contribution in [2.75, 3.05) is 0 Å². The Balaban J connectivity index is 4.42. The third-order valence-corrected chi connectivity index (χ3v) is 3.32. The molecule has 0 saturated heterocycles. The highest BCUT2D eigenvalue weighted by molar-refractivity contribution is 8.07. The van der Waals surface area contributed by atoms with Crippen molar-refractivity contribution in [3.8, 4) is 0 Å². The number of amides is 3. The Labute approximate surface area is 121 Å². The van der Waals surface area contributed by atoms with E-state index in [-0.39, 0.29) is 0 Å². The molecule has 0 rings (SSSR count). The molecule has 0 aromatic rings. The Bertz CT molecular complexity index is 440.